The first-order valence-corrected chi connectivity index (χ1v) is 10.7. The van der Waals surface area contributed by atoms with Crippen LogP contribution in [0, 0.1) is 0 Å². The zero-order valence-corrected chi connectivity index (χ0v) is 17.9. The van der Waals surface area contributed by atoms with Crippen LogP contribution in [0.25, 0.3) is 5.69 Å². The van der Waals surface area contributed by atoms with Crippen LogP contribution in [0.5, 0.6) is 5.75 Å². The fraction of sp³-hybridized carbons (Fsp3) is 0.545. The Kier molecular flexibility index (Phi) is 7.93. The normalized spacial score (nSPS) is 16.0. The van der Waals surface area contributed by atoms with Crippen LogP contribution in [0.2, 0.25) is 0 Å². The monoisotopic (exact) mass is 398 g/mol. The molecule has 0 radical (unpaired) electrons. The van der Waals surface area contributed by atoms with E-state index in [0.29, 0.717) is 12.6 Å². The zero-order valence-electron chi connectivity index (χ0n) is 17.9. The Bertz CT molecular complexity index is 762. The fourth-order valence-corrected chi connectivity index (χ4v) is 3.62. The molecule has 2 aromatic rings. The van der Waals surface area contributed by atoms with Crippen molar-refractivity contribution in [2.45, 2.75) is 45.7 Å². The minimum Gasteiger partial charge on any atom is -0.497 e. The Morgan fingerprint density at radius 1 is 1.17 bits per heavy atom. The molecule has 1 aromatic carbocycles. The fourth-order valence-electron chi connectivity index (χ4n) is 3.62. The van der Waals surface area contributed by atoms with Gasteiger partial charge in [-0.25, -0.2) is 9.67 Å². The summed E-state index contributed by atoms with van der Waals surface area (Å²) >= 11 is 0. The van der Waals surface area contributed by atoms with Gasteiger partial charge in [0.25, 0.3) is 0 Å². The third-order valence-electron chi connectivity index (χ3n) is 5.19. The van der Waals surface area contributed by atoms with Gasteiger partial charge >= 0.3 is 0 Å². The molecule has 29 heavy (non-hydrogen) atoms. The van der Waals surface area contributed by atoms with Crippen LogP contribution < -0.4 is 15.4 Å². The van der Waals surface area contributed by atoms with Crippen molar-refractivity contribution in [1.82, 2.24) is 25.3 Å². The first kappa shape index (κ1) is 21.2. The first-order valence-electron chi connectivity index (χ1n) is 10.7. The molecule has 1 fully saturated rings. The van der Waals surface area contributed by atoms with Gasteiger partial charge < -0.3 is 20.3 Å². The summed E-state index contributed by atoms with van der Waals surface area (Å²) in [6, 6.07) is 10.4. The second-order valence-electron chi connectivity index (χ2n) is 7.41. The van der Waals surface area contributed by atoms with Gasteiger partial charge in [0.1, 0.15) is 5.75 Å². The third kappa shape index (κ3) is 6.22. The summed E-state index contributed by atoms with van der Waals surface area (Å²) < 4.78 is 7.08. The van der Waals surface area contributed by atoms with Gasteiger partial charge in [0.15, 0.2) is 5.96 Å². The summed E-state index contributed by atoms with van der Waals surface area (Å²) in [6.07, 6.45) is 5.52. The largest absolute Gasteiger partial charge is 0.497 e. The van der Waals surface area contributed by atoms with E-state index in [-0.39, 0.29) is 0 Å². The molecule has 0 unspecified atom stereocenters. The summed E-state index contributed by atoms with van der Waals surface area (Å²) in [5.74, 6) is 1.72. The van der Waals surface area contributed by atoms with Crippen molar-refractivity contribution in [3.63, 3.8) is 0 Å². The summed E-state index contributed by atoms with van der Waals surface area (Å²) in [7, 11) is 1.67. The number of methoxy groups -OCH3 is 1. The molecule has 0 amide bonds. The molecule has 7 nitrogen and oxygen atoms in total. The van der Waals surface area contributed by atoms with Crippen molar-refractivity contribution in [2.24, 2.45) is 4.99 Å². The highest BCUT2D eigenvalue weighted by Gasteiger charge is 2.19. The Labute approximate surface area is 174 Å². The van der Waals surface area contributed by atoms with Crippen LogP contribution in [-0.4, -0.2) is 60.0 Å². The third-order valence-corrected chi connectivity index (χ3v) is 5.19. The predicted molar refractivity (Wildman–Crippen MR) is 118 cm³/mol. The molecule has 2 N–H and O–H groups in total. The molecule has 158 valence electrons. The number of aromatic nitrogens is 2. The Balaban J connectivity index is 1.56. The maximum Gasteiger partial charge on any atom is 0.191 e. The molecule has 0 aliphatic carbocycles. The van der Waals surface area contributed by atoms with E-state index in [1.807, 2.05) is 41.2 Å². The summed E-state index contributed by atoms with van der Waals surface area (Å²) in [4.78, 5) is 7.30. The molecule has 1 aromatic heterocycles. The molecule has 0 saturated carbocycles. The van der Waals surface area contributed by atoms with Gasteiger partial charge in [-0.1, -0.05) is 6.92 Å². The number of ether oxygens (including phenoxy) is 1. The number of benzene rings is 1. The minimum absolute atomic E-state index is 0.484. The average Bonchev–Trinajstić information content (AvgIpc) is 3.23. The molecule has 2 heterocycles. The summed E-state index contributed by atoms with van der Waals surface area (Å²) in [5, 5.41) is 11.6. The molecule has 1 aliphatic heterocycles. The van der Waals surface area contributed by atoms with Gasteiger partial charge in [-0.05, 0) is 63.1 Å². The molecule has 3 rings (SSSR count). The first-order chi connectivity index (χ1) is 14.2. The standard InChI is InChI=1S/C22H34N6O/c1-4-13-27-14-10-18(11-15-27)25-22(23-5-2)24-17-19-12-16-28(26-19)20-6-8-21(29-3)9-7-20/h6-9,12,16,18H,4-5,10-11,13-15,17H2,1-3H3,(H2,23,24,25). The molecular formula is C22H34N6O. The number of nitrogens with one attached hydrogen (secondary N) is 2. The number of hydrogen-bond donors (Lipinski definition) is 2. The summed E-state index contributed by atoms with van der Waals surface area (Å²) in [6.45, 7) is 9.27. The zero-order chi connectivity index (χ0) is 20.5. The van der Waals surface area contributed by atoms with Crippen molar-refractivity contribution in [3.8, 4) is 11.4 Å². The molecule has 7 heteroatoms. The molecule has 0 spiro atoms. The lowest BCUT2D eigenvalue weighted by atomic mass is 10.1. The number of piperidine rings is 1. The van der Waals surface area contributed by atoms with Crippen LogP contribution in [0.15, 0.2) is 41.5 Å². The number of guanidine groups is 1. The van der Waals surface area contributed by atoms with Crippen molar-refractivity contribution < 1.29 is 4.74 Å². The second kappa shape index (κ2) is 10.9. The smallest absolute Gasteiger partial charge is 0.191 e. The highest BCUT2D eigenvalue weighted by atomic mass is 16.5. The highest BCUT2D eigenvalue weighted by Crippen LogP contribution is 2.15. The Hall–Kier alpha value is -2.54. The number of likely N-dealkylation sites (tertiary alicyclic amines) is 1. The van der Waals surface area contributed by atoms with Gasteiger partial charge in [-0.15, -0.1) is 0 Å². The van der Waals surface area contributed by atoms with E-state index in [4.69, 9.17) is 9.73 Å². The lowest BCUT2D eigenvalue weighted by Crippen LogP contribution is -2.48. The van der Waals surface area contributed by atoms with E-state index in [1.165, 1.54) is 13.0 Å². The molecule has 1 saturated heterocycles. The van der Waals surface area contributed by atoms with Crippen LogP contribution in [0.3, 0.4) is 0 Å². The SMILES string of the molecule is CCCN1CCC(NC(=NCc2ccn(-c3ccc(OC)cc3)n2)NCC)CC1. The van der Waals surface area contributed by atoms with Crippen LogP contribution in [0.1, 0.15) is 38.8 Å². The molecule has 0 atom stereocenters. The number of aliphatic imine (C=N–C) groups is 1. The summed E-state index contributed by atoms with van der Waals surface area (Å²) in [5.41, 5.74) is 1.95. The molecule has 1 aliphatic rings. The van der Waals surface area contributed by atoms with Crippen LogP contribution in [0.4, 0.5) is 0 Å². The van der Waals surface area contributed by atoms with E-state index in [1.54, 1.807) is 7.11 Å². The van der Waals surface area contributed by atoms with Gasteiger partial charge in [-0.2, -0.15) is 5.10 Å². The van der Waals surface area contributed by atoms with Crippen LogP contribution >= 0.6 is 0 Å². The highest BCUT2D eigenvalue weighted by molar-refractivity contribution is 5.80. The van der Waals surface area contributed by atoms with Crippen molar-refractivity contribution in [2.75, 3.05) is 33.3 Å². The maximum absolute atomic E-state index is 5.21. The topological polar surface area (TPSA) is 66.7 Å². The minimum atomic E-state index is 0.484. The second-order valence-corrected chi connectivity index (χ2v) is 7.41. The molecule has 0 bridgehead atoms. The lowest BCUT2D eigenvalue weighted by Gasteiger charge is -2.32. The van der Waals surface area contributed by atoms with Crippen LogP contribution in [-0.2, 0) is 6.54 Å². The number of rotatable bonds is 8. The van der Waals surface area contributed by atoms with Crippen molar-refractivity contribution >= 4 is 5.96 Å². The van der Waals surface area contributed by atoms with E-state index in [9.17, 15) is 0 Å². The van der Waals surface area contributed by atoms with E-state index < -0.39 is 0 Å². The van der Waals surface area contributed by atoms with E-state index in [0.717, 1.165) is 55.6 Å². The number of hydrogen-bond acceptors (Lipinski definition) is 4. The van der Waals surface area contributed by atoms with Gasteiger partial charge in [0.2, 0.25) is 0 Å². The average molecular weight is 399 g/mol. The van der Waals surface area contributed by atoms with E-state index >= 15 is 0 Å². The number of nitrogens with zero attached hydrogens (tertiary/aromatic N) is 4. The quantitative estimate of drug-likeness (QED) is 0.529. The van der Waals surface area contributed by atoms with Gasteiger partial charge in [0.05, 0.1) is 25.0 Å². The Morgan fingerprint density at radius 3 is 2.59 bits per heavy atom. The maximum atomic E-state index is 5.21. The van der Waals surface area contributed by atoms with Gasteiger partial charge in [-0.3, -0.25) is 0 Å². The van der Waals surface area contributed by atoms with Crippen molar-refractivity contribution in [3.05, 3.63) is 42.2 Å². The molecular weight excluding hydrogens is 364 g/mol. The van der Waals surface area contributed by atoms with Gasteiger partial charge in [0, 0.05) is 31.9 Å². The predicted octanol–water partition coefficient (Wildman–Crippen LogP) is 2.81. The van der Waals surface area contributed by atoms with Crippen molar-refractivity contribution in [1.29, 1.82) is 0 Å². The Morgan fingerprint density at radius 2 is 1.93 bits per heavy atom. The van der Waals surface area contributed by atoms with E-state index in [2.05, 4.69) is 34.5 Å². The lowest BCUT2D eigenvalue weighted by molar-refractivity contribution is 0.206.